The van der Waals surface area contributed by atoms with Crippen molar-refractivity contribution in [2.45, 2.75) is 6.92 Å². The lowest BCUT2D eigenvalue weighted by molar-refractivity contribution is 0.919. The van der Waals surface area contributed by atoms with Crippen LogP contribution in [0, 0.1) is 18.3 Å². The number of rotatable bonds is 3. The minimum absolute atomic E-state index is 0.157. The highest BCUT2D eigenvalue weighted by molar-refractivity contribution is 5.80. The molecule has 0 radical (unpaired) electrons. The molecule has 0 aliphatic carbocycles. The first-order chi connectivity index (χ1) is 13.7. The van der Waals surface area contributed by atoms with Crippen molar-refractivity contribution in [1.29, 1.82) is 5.26 Å². The van der Waals surface area contributed by atoms with Gasteiger partial charge >= 0.3 is 0 Å². The van der Waals surface area contributed by atoms with Crippen LogP contribution in [-0.2, 0) is 0 Å². The van der Waals surface area contributed by atoms with Gasteiger partial charge < -0.3 is 0 Å². The van der Waals surface area contributed by atoms with Crippen LogP contribution in [0.3, 0.4) is 0 Å². The second-order valence-electron chi connectivity index (χ2n) is 6.27. The van der Waals surface area contributed by atoms with Gasteiger partial charge in [-0.25, -0.2) is 4.98 Å². The van der Waals surface area contributed by atoms with Gasteiger partial charge in [0.25, 0.3) is 5.56 Å². The molecule has 0 unspecified atom stereocenters. The van der Waals surface area contributed by atoms with Gasteiger partial charge in [0.05, 0.1) is 33.9 Å². The molecule has 0 N–H and O–H groups in total. The van der Waals surface area contributed by atoms with E-state index in [1.54, 1.807) is 41.1 Å². The predicted molar refractivity (Wildman–Crippen MR) is 110 cm³/mol. The van der Waals surface area contributed by atoms with Crippen LogP contribution in [0.1, 0.15) is 22.6 Å². The van der Waals surface area contributed by atoms with Crippen LogP contribution in [0.4, 0.5) is 0 Å². The molecule has 0 atom stereocenters. The molecule has 2 aromatic heterocycles. The summed E-state index contributed by atoms with van der Waals surface area (Å²) in [4.78, 5) is 22.2. The highest BCUT2D eigenvalue weighted by atomic mass is 16.1. The summed E-state index contributed by atoms with van der Waals surface area (Å²) < 4.78 is 1.57. The molecule has 0 saturated carbocycles. The summed E-state index contributed by atoms with van der Waals surface area (Å²) in [5.41, 5.74) is 3.20. The zero-order valence-corrected chi connectivity index (χ0v) is 15.2. The lowest BCUT2D eigenvalue weighted by Crippen LogP contribution is -2.23. The maximum Gasteiger partial charge on any atom is 0.266 e. The van der Waals surface area contributed by atoms with Crippen LogP contribution in [0.25, 0.3) is 28.7 Å². The van der Waals surface area contributed by atoms with Crippen LogP contribution in [0.15, 0.2) is 71.7 Å². The van der Waals surface area contributed by atoms with Crippen molar-refractivity contribution < 1.29 is 0 Å². The number of benzene rings is 2. The van der Waals surface area contributed by atoms with Gasteiger partial charge in [-0.2, -0.15) is 5.26 Å². The standard InChI is InChI=1S/C23H16N4O/c1-16-21(11-6-14-25-16)27-22(13-12-17-7-2-3-8-18(17)15-24)26-20-10-5-4-9-19(20)23(27)28/h2-14H,1H3/b13-12+. The molecule has 4 rings (SSSR count). The highest BCUT2D eigenvalue weighted by Gasteiger charge is 2.13. The lowest BCUT2D eigenvalue weighted by Gasteiger charge is -2.13. The first-order valence-electron chi connectivity index (χ1n) is 8.80. The van der Waals surface area contributed by atoms with E-state index in [9.17, 15) is 10.1 Å². The van der Waals surface area contributed by atoms with E-state index in [2.05, 4.69) is 16.0 Å². The molecule has 0 aliphatic rings. The summed E-state index contributed by atoms with van der Waals surface area (Å²) in [5.74, 6) is 0.479. The third kappa shape index (κ3) is 3.08. The normalized spacial score (nSPS) is 11.0. The van der Waals surface area contributed by atoms with Gasteiger partial charge in [-0.3, -0.25) is 14.3 Å². The van der Waals surface area contributed by atoms with Crippen molar-refractivity contribution in [3.05, 3.63) is 99.9 Å². The van der Waals surface area contributed by atoms with Crippen LogP contribution in [0.5, 0.6) is 0 Å². The van der Waals surface area contributed by atoms with Crippen LogP contribution in [-0.4, -0.2) is 14.5 Å². The van der Waals surface area contributed by atoms with E-state index in [1.165, 1.54) is 0 Å². The van der Waals surface area contributed by atoms with Crippen LogP contribution >= 0.6 is 0 Å². The number of aryl methyl sites for hydroxylation is 1. The molecule has 5 nitrogen and oxygen atoms in total. The van der Waals surface area contributed by atoms with E-state index in [0.29, 0.717) is 28.0 Å². The zero-order valence-electron chi connectivity index (χ0n) is 15.2. The quantitative estimate of drug-likeness (QED) is 0.548. The van der Waals surface area contributed by atoms with Gasteiger partial charge in [0, 0.05) is 6.20 Å². The Morgan fingerprint density at radius 3 is 2.61 bits per heavy atom. The van der Waals surface area contributed by atoms with Crippen molar-refractivity contribution in [1.82, 2.24) is 14.5 Å². The molecule has 0 amide bonds. The SMILES string of the molecule is Cc1ncccc1-n1c(/C=C/c2ccccc2C#N)nc2ccccc2c1=O. The van der Waals surface area contributed by atoms with Gasteiger partial charge in [-0.1, -0.05) is 30.3 Å². The van der Waals surface area contributed by atoms with E-state index in [0.717, 1.165) is 11.3 Å². The summed E-state index contributed by atoms with van der Waals surface area (Å²) >= 11 is 0. The summed E-state index contributed by atoms with van der Waals surface area (Å²) in [7, 11) is 0. The first kappa shape index (κ1) is 17.4. The molecule has 28 heavy (non-hydrogen) atoms. The highest BCUT2D eigenvalue weighted by Crippen LogP contribution is 2.17. The third-order valence-electron chi connectivity index (χ3n) is 4.51. The van der Waals surface area contributed by atoms with E-state index in [-0.39, 0.29) is 5.56 Å². The number of hydrogen-bond donors (Lipinski definition) is 0. The number of pyridine rings is 1. The van der Waals surface area contributed by atoms with Crippen molar-refractivity contribution >= 4 is 23.1 Å². The van der Waals surface area contributed by atoms with Gasteiger partial charge in [0.2, 0.25) is 0 Å². The van der Waals surface area contributed by atoms with Crippen LogP contribution in [0.2, 0.25) is 0 Å². The van der Waals surface area contributed by atoms with Crippen molar-refractivity contribution in [2.75, 3.05) is 0 Å². The molecule has 0 aliphatic heterocycles. The van der Waals surface area contributed by atoms with Crippen molar-refractivity contribution in [2.24, 2.45) is 0 Å². The van der Waals surface area contributed by atoms with Gasteiger partial charge in [-0.05, 0) is 55.0 Å². The summed E-state index contributed by atoms with van der Waals surface area (Å²) in [6, 6.07) is 20.4. The number of aromatic nitrogens is 3. The monoisotopic (exact) mass is 364 g/mol. The molecule has 2 aromatic carbocycles. The van der Waals surface area contributed by atoms with Gasteiger partial charge in [0.1, 0.15) is 5.82 Å². The topological polar surface area (TPSA) is 71.6 Å². The minimum atomic E-state index is -0.157. The van der Waals surface area contributed by atoms with Crippen molar-refractivity contribution in [3.8, 4) is 11.8 Å². The second kappa shape index (κ2) is 7.29. The summed E-state index contributed by atoms with van der Waals surface area (Å²) in [6.07, 6.45) is 5.25. The molecular formula is C23H16N4O. The van der Waals surface area contributed by atoms with E-state index in [4.69, 9.17) is 0 Å². The maximum atomic E-state index is 13.2. The Morgan fingerprint density at radius 1 is 1.00 bits per heavy atom. The van der Waals surface area contributed by atoms with Gasteiger partial charge in [0.15, 0.2) is 0 Å². The Hall–Kier alpha value is -4.04. The summed E-state index contributed by atoms with van der Waals surface area (Å²) in [5, 5.41) is 9.85. The fraction of sp³-hybridized carbons (Fsp3) is 0.0435. The Morgan fingerprint density at radius 2 is 1.79 bits per heavy atom. The van der Waals surface area contributed by atoms with E-state index >= 15 is 0 Å². The zero-order chi connectivity index (χ0) is 19.5. The Labute approximate surface area is 161 Å². The molecule has 5 heteroatoms. The first-order valence-corrected chi connectivity index (χ1v) is 8.80. The number of fused-ring (bicyclic) bond motifs is 1. The fourth-order valence-corrected chi connectivity index (χ4v) is 3.12. The number of hydrogen-bond acceptors (Lipinski definition) is 4. The van der Waals surface area contributed by atoms with E-state index < -0.39 is 0 Å². The Balaban J connectivity index is 1.98. The minimum Gasteiger partial charge on any atom is -0.268 e. The average Bonchev–Trinajstić information content (AvgIpc) is 2.73. The Bertz CT molecular complexity index is 1310. The molecule has 0 fully saturated rings. The largest absolute Gasteiger partial charge is 0.268 e. The van der Waals surface area contributed by atoms with Gasteiger partial charge in [-0.15, -0.1) is 0 Å². The third-order valence-corrected chi connectivity index (χ3v) is 4.51. The smallest absolute Gasteiger partial charge is 0.266 e. The van der Waals surface area contributed by atoms with Crippen molar-refractivity contribution in [3.63, 3.8) is 0 Å². The molecule has 2 heterocycles. The van der Waals surface area contributed by atoms with Crippen LogP contribution < -0.4 is 5.56 Å². The lowest BCUT2D eigenvalue weighted by atomic mass is 10.1. The summed E-state index contributed by atoms with van der Waals surface area (Å²) in [6.45, 7) is 1.86. The fourth-order valence-electron chi connectivity index (χ4n) is 3.12. The second-order valence-corrected chi connectivity index (χ2v) is 6.27. The maximum absolute atomic E-state index is 13.2. The predicted octanol–water partition coefficient (Wildman–Crippen LogP) is 4.13. The Kier molecular flexibility index (Phi) is 4.53. The number of nitrogens with zero attached hydrogens (tertiary/aromatic N) is 4. The average molecular weight is 364 g/mol. The number of nitriles is 1. The molecule has 134 valence electrons. The molecular weight excluding hydrogens is 348 g/mol. The number of para-hydroxylation sites is 1. The molecule has 0 saturated heterocycles. The van der Waals surface area contributed by atoms with E-state index in [1.807, 2.05) is 49.4 Å². The molecule has 0 bridgehead atoms. The molecule has 0 spiro atoms. The molecule has 4 aromatic rings.